The van der Waals surface area contributed by atoms with Gasteiger partial charge in [0.1, 0.15) is 6.10 Å². The van der Waals surface area contributed by atoms with Gasteiger partial charge in [-0.05, 0) is 13.0 Å². The number of para-hydroxylation sites is 1. The van der Waals surface area contributed by atoms with Crippen LogP contribution in [-0.4, -0.2) is 20.3 Å². The van der Waals surface area contributed by atoms with Crippen molar-refractivity contribution in [3.05, 3.63) is 23.8 Å². The Kier molecular flexibility index (Phi) is 2.79. The maximum Gasteiger partial charge on any atom is 0.166 e. The zero-order chi connectivity index (χ0) is 10.8. The van der Waals surface area contributed by atoms with Crippen LogP contribution in [0.15, 0.2) is 18.2 Å². The van der Waals surface area contributed by atoms with Crippen molar-refractivity contribution in [3.63, 3.8) is 0 Å². The molecule has 1 aromatic carbocycles. The molecule has 82 valence electrons. The molecule has 4 nitrogen and oxygen atoms in total. The van der Waals surface area contributed by atoms with E-state index in [1.165, 1.54) is 0 Å². The van der Waals surface area contributed by atoms with Crippen molar-refractivity contribution in [3.8, 4) is 11.5 Å². The number of hydrogen-bond acceptors (Lipinski definition) is 4. The smallest absolute Gasteiger partial charge is 0.166 e. The molecular formula is C11H15NO3. The average Bonchev–Trinajstić information content (AvgIpc) is 2.56. The van der Waals surface area contributed by atoms with Crippen molar-refractivity contribution in [2.75, 3.05) is 14.2 Å². The number of fused-ring (bicyclic) bond motifs is 1. The molecule has 1 aliphatic heterocycles. The molecule has 15 heavy (non-hydrogen) atoms. The normalized spacial score (nSPS) is 23.4. The van der Waals surface area contributed by atoms with E-state index in [1.807, 2.05) is 25.1 Å². The van der Waals surface area contributed by atoms with Gasteiger partial charge in [-0.2, -0.15) is 5.48 Å². The Bertz CT molecular complexity index is 354. The molecule has 0 radical (unpaired) electrons. The van der Waals surface area contributed by atoms with E-state index < -0.39 is 0 Å². The summed E-state index contributed by atoms with van der Waals surface area (Å²) in [6.07, 6.45) is 0.0382. The lowest BCUT2D eigenvalue weighted by Gasteiger charge is -2.14. The summed E-state index contributed by atoms with van der Waals surface area (Å²) in [5.41, 5.74) is 3.99. The van der Waals surface area contributed by atoms with Crippen LogP contribution in [0, 0.1) is 0 Å². The first-order chi connectivity index (χ1) is 7.27. The molecule has 2 unspecified atom stereocenters. The van der Waals surface area contributed by atoms with E-state index in [0.29, 0.717) is 0 Å². The van der Waals surface area contributed by atoms with Gasteiger partial charge in [0.25, 0.3) is 0 Å². The second-order valence-corrected chi connectivity index (χ2v) is 3.50. The van der Waals surface area contributed by atoms with Crippen LogP contribution in [-0.2, 0) is 4.84 Å². The van der Waals surface area contributed by atoms with Crippen LogP contribution >= 0.6 is 0 Å². The van der Waals surface area contributed by atoms with Gasteiger partial charge in [0, 0.05) is 5.56 Å². The molecule has 0 fully saturated rings. The fraction of sp³-hybridized carbons (Fsp3) is 0.455. The van der Waals surface area contributed by atoms with Crippen molar-refractivity contribution in [1.29, 1.82) is 0 Å². The number of methoxy groups -OCH3 is 1. The quantitative estimate of drug-likeness (QED) is 0.769. The van der Waals surface area contributed by atoms with E-state index in [1.54, 1.807) is 14.2 Å². The van der Waals surface area contributed by atoms with Gasteiger partial charge < -0.3 is 14.3 Å². The minimum Gasteiger partial charge on any atom is -0.493 e. The molecule has 0 saturated carbocycles. The van der Waals surface area contributed by atoms with E-state index >= 15 is 0 Å². The van der Waals surface area contributed by atoms with Crippen molar-refractivity contribution in [2.45, 2.75) is 19.1 Å². The molecule has 0 saturated heterocycles. The van der Waals surface area contributed by atoms with Gasteiger partial charge in [0.05, 0.1) is 20.3 Å². The Balaban J connectivity index is 2.37. The van der Waals surface area contributed by atoms with Crippen LogP contribution < -0.4 is 15.0 Å². The Hall–Kier alpha value is -1.26. The molecule has 1 N–H and O–H groups in total. The van der Waals surface area contributed by atoms with Crippen LogP contribution in [0.1, 0.15) is 18.5 Å². The van der Waals surface area contributed by atoms with Crippen LogP contribution in [0.4, 0.5) is 0 Å². The number of nitrogens with one attached hydrogen (secondary N) is 1. The van der Waals surface area contributed by atoms with Gasteiger partial charge in [-0.3, -0.25) is 0 Å². The van der Waals surface area contributed by atoms with Gasteiger partial charge in [0.15, 0.2) is 11.5 Å². The van der Waals surface area contributed by atoms with Crippen LogP contribution in [0.3, 0.4) is 0 Å². The van der Waals surface area contributed by atoms with E-state index in [0.717, 1.165) is 17.1 Å². The molecule has 2 rings (SSSR count). The maximum absolute atomic E-state index is 5.73. The van der Waals surface area contributed by atoms with Crippen LogP contribution in [0.2, 0.25) is 0 Å². The second-order valence-electron chi connectivity index (χ2n) is 3.50. The maximum atomic E-state index is 5.73. The summed E-state index contributed by atoms with van der Waals surface area (Å²) in [6.45, 7) is 2.00. The Labute approximate surface area is 89.1 Å². The fourth-order valence-corrected chi connectivity index (χ4v) is 1.86. The summed E-state index contributed by atoms with van der Waals surface area (Å²) in [6, 6.07) is 5.91. The Morgan fingerprint density at radius 1 is 1.33 bits per heavy atom. The first-order valence-electron chi connectivity index (χ1n) is 4.90. The lowest BCUT2D eigenvalue weighted by molar-refractivity contribution is 0.0337. The third kappa shape index (κ3) is 1.66. The second kappa shape index (κ2) is 4.08. The van der Waals surface area contributed by atoms with Crippen molar-refractivity contribution >= 4 is 0 Å². The third-order valence-electron chi connectivity index (χ3n) is 2.58. The predicted octanol–water partition coefficient (Wildman–Crippen LogP) is 1.67. The number of benzene rings is 1. The highest BCUT2D eigenvalue weighted by molar-refractivity contribution is 5.51. The first-order valence-corrected chi connectivity index (χ1v) is 4.90. The summed E-state index contributed by atoms with van der Waals surface area (Å²) in [4.78, 5) is 4.96. The monoisotopic (exact) mass is 209 g/mol. The average molecular weight is 209 g/mol. The molecular weight excluding hydrogens is 194 g/mol. The molecule has 1 aromatic rings. The summed E-state index contributed by atoms with van der Waals surface area (Å²) in [7, 11) is 3.24. The highest BCUT2D eigenvalue weighted by Gasteiger charge is 2.33. The fourth-order valence-electron chi connectivity index (χ4n) is 1.86. The lowest BCUT2D eigenvalue weighted by atomic mass is 10.1. The van der Waals surface area contributed by atoms with Gasteiger partial charge >= 0.3 is 0 Å². The van der Waals surface area contributed by atoms with Gasteiger partial charge in [0.2, 0.25) is 0 Å². The number of rotatable bonds is 3. The number of hydroxylamine groups is 1. The number of hydrogen-bond donors (Lipinski definition) is 1. The molecule has 2 atom stereocenters. The zero-order valence-electron chi connectivity index (χ0n) is 9.11. The van der Waals surface area contributed by atoms with Crippen molar-refractivity contribution in [2.24, 2.45) is 0 Å². The Morgan fingerprint density at radius 2 is 2.13 bits per heavy atom. The Morgan fingerprint density at radius 3 is 2.80 bits per heavy atom. The summed E-state index contributed by atoms with van der Waals surface area (Å²) in [5, 5.41) is 0. The molecule has 1 aliphatic rings. The highest BCUT2D eigenvalue weighted by Crippen LogP contribution is 2.42. The summed E-state index contributed by atoms with van der Waals surface area (Å²) < 4.78 is 11.0. The van der Waals surface area contributed by atoms with Crippen molar-refractivity contribution in [1.82, 2.24) is 5.48 Å². The predicted molar refractivity (Wildman–Crippen MR) is 56.0 cm³/mol. The van der Waals surface area contributed by atoms with Gasteiger partial charge in [-0.25, -0.2) is 0 Å². The molecule has 1 heterocycles. The van der Waals surface area contributed by atoms with E-state index in [4.69, 9.17) is 14.3 Å². The number of ether oxygens (including phenoxy) is 2. The lowest BCUT2D eigenvalue weighted by Crippen LogP contribution is -2.27. The minimum absolute atomic E-state index is 0.0382. The summed E-state index contributed by atoms with van der Waals surface area (Å²) in [5.74, 6) is 1.57. The van der Waals surface area contributed by atoms with Crippen molar-refractivity contribution < 1.29 is 14.3 Å². The molecule has 4 heteroatoms. The SMILES string of the molecule is CONC1c2cccc(OC)c2OC1C. The van der Waals surface area contributed by atoms with Crippen LogP contribution in [0.5, 0.6) is 11.5 Å². The topological polar surface area (TPSA) is 39.7 Å². The standard InChI is InChI=1S/C11H15NO3/c1-7-10(12-14-3)8-5-4-6-9(13-2)11(8)15-7/h4-7,10,12H,1-3H3. The molecule has 0 aliphatic carbocycles. The zero-order valence-corrected chi connectivity index (χ0v) is 9.11. The highest BCUT2D eigenvalue weighted by atomic mass is 16.6. The summed E-state index contributed by atoms with van der Waals surface area (Å²) >= 11 is 0. The largest absolute Gasteiger partial charge is 0.493 e. The van der Waals surface area contributed by atoms with E-state index in [9.17, 15) is 0 Å². The molecule has 0 amide bonds. The molecule has 0 spiro atoms. The van der Waals surface area contributed by atoms with Gasteiger partial charge in [-0.15, -0.1) is 0 Å². The molecule has 0 bridgehead atoms. The van der Waals surface area contributed by atoms with Gasteiger partial charge in [-0.1, -0.05) is 12.1 Å². The van der Waals surface area contributed by atoms with Crippen LogP contribution in [0.25, 0.3) is 0 Å². The van der Waals surface area contributed by atoms with E-state index in [2.05, 4.69) is 5.48 Å². The molecule has 0 aromatic heterocycles. The first kappa shape index (κ1) is 10.3. The van der Waals surface area contributed by atoms with E-state index in [-0.39, 0.29) is 12.1 Å². The minimum atomic E-state index is 0.0382. The third-order valence-corrected chi connectivity index (χ3v) is 2.58.